The van der Waals surface area contributed by atoms with Crippen LogP contribution in [0.4, 0.5) is 0 Å². The van der Waals surface area contributed by atoms with E-state index in [0.29, 0.717) is 53.6 Å². The average Bonchev–Trinajstić information content (AvgIpc) is 4.50. The summed E-state index contributed by atoms with van der Waals surface area (Å²) in [4.78, 5) is 31.6. The van der Waals surface area contributed by atoms with E-state index >= 15 is 0 Å². The molecule has 0 aromatic rings. The van der Waals surface area contributed by atoms with Crippen LogP contribution in [-0.2, 0) is 14.5 Å². The number of rotatable bonds is 9. The number of nitrogens with one attached hydrogen (secondary N) is 2. The first-order chi connectivity index (χ1) is 43.2. The summed E-state index contributed by atoms with van der Waals surface area (Å²) in [6.45, 7) is 82.4. The van der Waals surface area contributed by atoms with E-state index in [0.717, 1.165) is 101 Å². The Balaban J connectivity index is -0.000000113. The molecule has 0 aliphatic carbocycles. The molecule has 6 unspecified atom stereocenters. The van der Waals surface area contributed by atoms with Gasteiger partial charge < -0.3 is 25.4 Å². The quantitative estimate of drug-likeness (QED) is 0.234. The van der Waals surface area contributed by atoms with E-state index in [1.54, 1.807) is 0 Å². The lowest BCUT2D eigenvalue weighted by molar-refractivity contribution is 0.0521. The van der Waals surface area contributed by atoms with Crippen molar-refractivity contribution in [3.8, 4) is 0 Å². The topological polar surface area (TPSA) is 163 Å². The van der Waals surface area contributed by atoms with E-state index in [2.05, 4.69) is 187 Å². The Morgan fingerprint density at radius 1 is 0.456 bits per heavy atom. The summed E-state index contributed by atoms with van der Waals surface area (Å²) in [7, 11) is 0. The zero-order chi connectivity index (χ0) is 71.8. The second-order valence-electron chi connectivity index (χ2n) is 23.0. The van der Waals surface area contributed by atoms with Crippen LogP contribution in [0, 0.1) is 76.9 Å². The molecule has 0 radical (unpaired) electrons. The Morgan fingerprint density at radius 2 is 1.01 bits per heavy atom. The monoisotopic (exact) mass is 1280 g/mol. The smallest absolute Gasteiger partial charge is 0.134 e. The van der Waals surface area contributed by atoms with Gasteiger partial charge in [0.05, 0.1) is 18.0 Å². The number of aliphatic imine (C=N–C) groups is 4. The molecule has 14 heteroatoms. The molecule has 0 saturated heterocycles. The van der Waals surface area contributed by atoms with E-state index < -0.39 is 0 Å². The van der Waals surface area contributed by atoms with Gasteiger partial charge in [-0.25, -0.2) is 0 Å². The van der Waals surface area contributed by atoms with Crippen LogP contribution in [0.3, 0.4) is 0 Å². The van der Waals surface area contributed by atoms with E-state index in [4.69, 9.17) is 14.5 Å². The van der Waals surface area contributed by atoms with Gasteiger partial charge in [-0.05, 0) is 116 Å². The summed E-state index contributed by atoms with van der Waals surface area (Å²) in [5.74, 6) is 9.06. The highest BCUT2D eigenvalue weighted by Gasteiger charge is 2.19. The molecular weight excluding hydrogens is 1110 g/mol. The van der Waals surface area contributed by atoms with Crippen molar-refractivity contribution < 1.29 is 14.5 Å². The van der Waals surface area contributed by atoms with E-state index in [1.165, 1.54) is 55.7 Å². The summed E-state index contributed by atoms with van der Waals surface area (Å²) >= 11 is 0. The molecule has 2 N–H and O–H groups in total. The molecule has 0 bridgehead atoms. The highest BCUT2D eigenvalue weighted by molar-refractivity contribution is 5.88. The van der Waals surface area contributed by atoms with Crippen LogP contribution >= 0.6 is 0 Å². The number of nitrogens with zero attached hydrogens (tertiary/aromatic N) is 9. The van der Waals surface area contributed by atoms with Gasteiger partial charge in [0.2, 0.25) is 0 Å². The lowest BCUT2D eigenvalue weighted by Gasteiger charge is -2.10. The third-order valence-corrected chi connectivity index (χ3v) is 13.8. The fraction of sp³-hybridized carbons (Fsp3) is 0.882. The first-order valence-electron chi connectivity index (χ1n) is 37.3. The summed E-state index contributed by atoms with van der Waals surface area (Å²) < 4.78 is 0. The van der Waals surface area contributed by atoms with Gasteiger partial charge in [-0.1, -0.05) is 265 Å². The standard InChI is InChI=1S/4C7H13N.2C6H12N2.3C6H11NO.9C2H6/c2*1-6(2)7-3-4-8-5-7;2*1-6(2)7-4-3-5-8-7;1-5(2)6-3-7-8-4-6;1-5(2)6-3-4-7-8-6;1-5(2)6-3-7-8-4-6;1-5(2)6-3-4-8-7-6;1-5(2)6-3-4-7-8-6;9*1-2/h5-7H,3-4H2,1-2H3;4,6-7H,3,5H2,1-2H3;6H,3-5H2,1-2H3;5-7H,3-4H2,1-2H3;3,5-6,8H,4H2,1-2H3;5,7H,3-4H2,1-2H3;3,5-6H,4H2,1-2H3;5H,3-4H2,1-2H3;4-6H,3H2,1-2H3;9*1-2H3. The third kappa shape index (κ3) is 64.1. The number of hydrazone groups is 2. The van der Waals surface area contributed by atoms with Crippen LogP contribution in [0.5, 0.6) is 0 Å². The normalized spacial score (nSPS) is 20.1. The number of hydrogen-bond acceptors (Lipinski definition) is 14. The van der Waals surface area contributed by atoms with E-state index in [9.17, 15) is 0 Å². The first-order valence-corrected chi connectivity index (χ1v) is 37.3. The van der Waals surface area contributed by atoms with Gasteiger partial charge in [-0.2, -0.15) is 10.2 Å². The molecule has 0 aromatic heterocycles. The van der Waals surface area contributed by atoms with Gasteiger partial charge in [-0.15, -0.1) is 0 Å². The number of oxime groups is 3. The Bertz CT molecular complexity index is 1450. The summed E-state index contributed by atoms with van der Waals surface area (Å²) in [6.07, 6.45) is 22.9. The van der Waals surface area contributed by atoms with Crippen molar-refractivity contribution in [2.24, 2.45) is 123 Å². The Kier molecular flexibility index (Phi) is 94.5. The highest BCUT2D eigenvalue weighted by atomic mass is 16.6. The zero-order valence-electron chi connectivity index (χ0n) is 67.2. The van der Waals surface area contributed by atoms with Crippen LogP contribution < -0.4 is 10.9 Å². The fourth-order valence-corrected chi connectivity index (χ4v) is 7.72. The summed E-state index contributed by atoms with van der Waals surface area (Å²) in [6, 6.07) is 0.634. The second-order valence-corrected chi connectivity index (χ2v) is 23.0. The molecule has 9 aliphatic heterocycles. The number of hydrogen-bond donors (Lipinski definition) is 2. The van der Waals surface area contributed by atoms with Crippen LogP contribution in [0.2, 0.25) is 0 Å². The van der Waals surface area contributed by atoms with Crippen LogP contribution in [0.25, 0.3) is 0 Å². The Hall–Kier alpha value is -3.97. The average molecular weight is 1280 g/mol. The van der Waals surface area contributed by atoms with Crippen molar-refractivity contribution in [1.29, 1.82) is 0 Å². The lowest BCUT2D eigenvalue weighted by Crippen LogP contribution is -2.15. The SMILES string of the molecule is CC.CC.CC.CC.CC.CC.CC.CC.CC.CC(C)C1=NCCC1.CC(C)C1=NNCC1.CC(C)C1=NOCC1.CC(C)C1C=NCC1.CC(C)C1C=NNC1.CC(C)C1C=NOC1.CC(C)C1CC=NC1.CC(C)C1CC=NO1.CC(C)C1CCC=N1. The first kappa shape index (κ1) is 105. The maximum atomic E-state index is 4.98. The van der Waals surface area contributed by atoms with Gasteiger partial charge in [0.15, 0.2) is 0 Å². The van der Waals surface area contributed by atoms with Crippen molar-refractivity contribution >= 4 is 54.4 Å². The molecule has 9 aliphatic rings. The molecule has 0 saturated carbocycles. The molecule has 14 nitrogen and oxygen atoms in total. The van der Waals surface area contributed by atoms with Gasteiger partial charge in [0.1, 0.15) is 19.3 Å². The Labute approximate surface area is 564 Å². The van der Waals surface area contributed by atoms with Crippen molar-refractivity contribution in [2.45, 2.75) is 319 Å². The highest BCUT2D eigenvalue weighted by Crippen LogP contribution is 2.19. The summed E-state index contributed by atoms with van der Waals surface area (Å²) in [5.41, 5.74) is 9.80. The van der Waals surface area contributed by atoms with Crippen molar-refractivity contribution in [1.82, 2.24) is 10.9 Å². The molecular formula is C76H163N11O3. The van der Waals surface area contributed by atoms with Crippen molar-refractivity contribution in [3.63, 3.8) is 0 Å². The minimum Gasteiger partial charge on any atom is -0.395 e. The molecule has 9 heterocycles. The minimum absolute atomic E-state index is 0.343. The molecule has 6 atom stereocenters. The van der Waals surface area contributed by atoms with Crippen LogP contribution in [-0.4, -0.2) is 113 Å². The Morgan fingerprint density at radius 3 is 1.21 bits per heavy atom. The van der Waals surface area contributed by atoms with E-state index in [-0.39, 0.29) is 0 Å². The maximum Gasteiger partial charge on any atom is 0.134 e. The van der Waals surface area contributed by atoms with Gasteiger partial charge >= 0.3 is 0 Å². The second kappa shape index (κ2) is 81.1. The largest absolute Gasteiger partial charge is 0.395 e. The zero-order valence-corrected chi connectivity index (χ0v) is 67.2. The molecule has 9 rings (SSSR count). The lowest BCUT2D eigenvalue weighted by atomic mass is 9.95. The molecule has 0 fully saturated rings. The predicted molar refractivity (Wildman–Crippen MR) is 416 cm³/mol. The summed E-state index contributed by atoms with van der Waals surface area (Å²) in [5, 5.41) is 19.2. The molecule has 90 heavy (non-hydrogen) atoms. The van der Waals surface area contributed by atoms with Gasteiger partial charge in [-0.3, -0.25) is 20.0 Å². The fourth-order valence-electron chi connectivity index (χ4n) is 7.72. The van der Waals surface area contributed by atoms with Crippen LogP contribution in [0.15, 0.2) is 45.6 Å². The molecule has 0 amide bonds. The maximum absolute atomic E-state index is 4.98. The predicted octanol–water partition coefficient (Wildman–Crippen LogP) is 22.4. The molecule has 0 aromatic carbocycles. The molecule has 540 valence electrons. The van der Waals surface area contributed by atoms with Crippen molar-refractivity contribution in [2.75, 3.05) is 45.9 Å². The van der Waals surface area contributed by atoms with Crippen LogP contribution in [0.1, 0.15) is 307 Å². The third-order valence-electron chi connectivity index (χ3n) is 13.8. The minimum atomic E-state index is 0.343. The molecule has 0 spiro atoms. The van der Waals surface area contributed by atoms with Crippen molar-refractivity contribution in [3.05, 3.63) is 0 Å². The van der Waals surface area contributed by atoms with Gasteiger partial charge in [0.25, 0.3) is 0 Å². The van der Waals surface area contributed by atoms with Gasteiger partial charge in [0, 0.05) is 93.9 Å². The van der Waals surface area contributed by atoms with E-state index in [1.807, 2.05) is 156 Å².